The van der Waals surface area contributed by atoms with E-state index < -0.39 is 77.3 Å². The van der Waals surface area contributed by atoms with Crippen molar-refractivity contribution in [2.45, 2.75) is 173 Å². The molecule has 0 unspecified atom stereocenters. The summed E-state index contributed by atoms with van der Waals surface area (Å²) in [4.78, 5) is 36.1. The lowest BCUT2D eigenvalue weighted by Gasteiger charge is -2.47. The van der Waals surface area contributed by atoms with Gasteiger partial charge in [0.2, 0.25) is 0 Å². The van der Waals surface area contributed by atoms with Crippen LogP contribution in [0.5, 0.6) is 0 Å². The molecule has 310 valence electrons. The molecule has 55 heavy (non-hydrogen) atoms. The third-order valence-corrected chi connectivity index (χ3v) is 12.4. The molecular weight excluding hydrogens is 709 g/mol. The molecule has 1 aromatic rings. The highest BCUT2D eigenvalue weighted by atomic mass is 16.7. The molecule has 3 aliphatic rings. The lowest BCUT2D eigenvalue weighted by Crippen LogP contribution is -2.60. The number of methoxy groups -OCH3 is 1. The first-order valence-electron chi connectivity index (χ1n) is 20.1. The molecule has 2 saturated heterocycles. The average molecular weight is 776 g/mol. The first-order chi connectivity index (χ1) is 25.8. The minimum Gasteiger partial charge on any atom is -0.459 e. The zero-order valence-electron chi connectivity index (χ0n) is 34.6. The SMILES string of the molecule is [B]n1cc(CCN(C)[C@H]2C[C@@H](C)O[C@H](O[C@@H]3[C@H](C)C(=O)[C@@H](C)C(=O)O[C@H](CC)[C@@](C)(O)[C@H](O)[C@@H](C)/C(=N/OC4CCCCC4)[C@H](C)C[C@@]3(C)OC)[C@@H]2O)nn1. The van der Waals surface area contributed by atoms with Crippen molar-refractivity contribution in [3.8, 4) is 0 Å². The van der Waals surface area contributed by atoms with E-state index in [0.29, 0.717) is 30.8 Å². The van der Waals surface area contributed by atoms with Gasteiger partial charge >= 0.3 is 5.97 Å². The zero-order chi connectivity index (χ0) is 40.8. The normalized spacial score (nSPS) is 39.9. The third-order valence-electron chi connectivity index (χ3n) is 12.4. The van der Waals surface area contributed by atoms with E-state index in [4.69, 9.17) is 31.8 Å². The van der Waals surface area contributed by atoms with Crippen molar-refractivity contribution in [2.24, 2.45) is 28.8 Å². The third kappa shape index (κ3) is 10.7. The fraction of sp³-hybridized carbons (Fsp3) is 0.872. The monoisotopic (exact) mass is 775 g/mol. The van der Waals surface area contributed by atoms with E-state index in [-0.39, 0.29) is 31.1 Å². The minimum absolute atomic E-state index is 0.0765. The quantitative estimate of drug-likeness (QED) is 0.136. The van der Waals surface area contributed by atoms with Gasteiger partial charge < -0.3 is 48.6 Å². The number of hydrogen-bond donors (Lipinski definition) is 3. The number of ketones is 1. The van der Waals surface area contributed by atoms with Crippen LogP contribution in [-0.2, 0) is 39.8 Å². The van der Waals surface area contributed by atoms with Crippen LogP contribution in [-0.4, -0.2) is 141 Å². The fourth-order valence-corrected chi connectivity index (χ4v) is 8.73. The molecule has 3 fully saturated rings. The Labute approximate surface area is 328 Å². The zero-order valence-corrected chi connectivity index (χ0v) is 34.6. The maximum Gasteiger partial charge on any atom is 0.316 e. The smallest absolute Gasteiger partial charge is 0.316 e. The Kier molecular flexibility index (Phi) is 15.9. The van der Waals surface area contributed by atoms with Gasteiger partial charge in [0.05, 0.1) is 35.3 Å². The minimum atomic E-state index is -1.89. The van der Waals surface area contributed by atoms with Crippen molar-refractivity contribution in [2.75, 3.05) is 20.7 Å². The number of ether oxygens (including phenoxy) is 4. The number of aliphatic hydroxyl groups is 3. The van der Waals surface area contributed by atoms with Crippen molar-refractivity contribution in [3.05, 3.63) is 11.9 Å². The Balaban J connectivity index is 1.72. The molecule has 3 N–H and O–H groups in total. The van der Waals surface area contributed by atoms with E-state index in [0.717, 1.165) is 36.7 Å². The molecule has 0 aromatic carbocycles. The number of nitrogens with zero attached hydrogens (tertiary/aromatic N) is 5. The van der Waals surface area contributed by atoms with Gasteiger partial charge in [-0.15, -0.1) is 5.10 Å². The molecule has 1 aromatic heterocycles. The molecule has 0 amide bonds. The number of aromatic nitrogens is 3. The molecule has 15 nitrogen and oxygen atoms in total. The summed E-state index contributed by atoms with van der Waals surface area (Å²) in [7, 11) is 9.11. The predicted molar refractivity (Wildman–Crippen MR) is 205 cm³/mol. The number of Topliss-reactive ketones (excluding diaryl/α,β-unsaturated/α-hetero) is 1. The maximum absolute atomic E-state index is 14.3. The van der Waals surface area contributed by atoms with Gasteiger partial charge in [-0.3, -0.25) is 9.59 Å². The lowest BCUT2D eigenvalue weighted by atomic mass is 9.74. The molecule has 2 aliphatic heterocycles. The summed E-state index contributed by atoms with van der Waals surface area (Å²) < 4.78 is 26.3. The van der Waals surface area contributed by atoms with Gasteiger partial charge in [0.25, 0.3) is 7.98 Å². The van der Waals surface area contributed by atoms with Gasteiger partial charge in [0.15, 0.2) is 12.1 Å². The van der Waals surface area contributed by atoms with E-state index in [1.54, 1.807) is 27.0 Å². The summed E-state index contributed by atoms with van der Waals surface area (Å²) >= 11 is 0. The largest absolute Gasteiger partial charge is 0.459 e. The number of rotatable bonds is 10. The summed E-state index contributed by atoms with van der Waals surface area (Å²) in [6.07, 6.45) is 1.83. The topological polar surface area (TPSA) is 187 Å². The Bertz CT molecular complexity index is 1440. The van der Waals surface area contributed by atoms with Crippen LogP contribution in [0.2, 0.25) is 0 Å². The van der Waals surface area contributed by atoms with Crippen LogP contribution in [0.15, 0.2) is 11.4 Å². The van der Waals surface area contributed by atoms with Crippen molar-refractivity contribution in [1.29, 1.82) is 0 Å². The maximum atomic E-state index is 14.3. The summed E-state index contributed by atoms with van der Waals surface area (Å²) in [5, 5.41) is 48.0. The molecule has 4 rings (SSSR count). The Morgan fingerprint density at radius 2 is 1.76 bits per heavy atom. The van der Waals surface area contributed by atoms with Gasteiger partial charge in [-0.25, -0.2) is 0 Å². The van der Waals surface area contributed by atoms with Crippen LogP contribution < -0.4 is 0 Å². The standard InChI is InChI=1S/C39H66BN5O10/c1-11-30-39(8,50)34(48)24(4)31(42-55-28-15-13-12-14-16-28)22(2)20-38(7,51-10)35(25(5)32(46)26(6)36(49)53-30)54-37-33(47)29(19-23(3)52-37)44(9)18-17-27-21-45(40)43-41-27/h21-26,28-30,33-35,37,47-48,50H,11-20H2,1-10H3/b42-31+/t22-,23-,24+,25-,26-,29+,30-,33-,34-,35-,37-,38-,39-/m1/s1. The fourth-order valence-electron chi connectivity index (χ4n) is 8.73. The second-order valence-corrected chi connectivity index (χ2v) is 16.8. The summed E-state index contributed by atoms with van der Waals surface area (Å²) in [5.74, 6) is -4.66. The van der Waals surface area contributed by atoms with Gasteiger partial charge in [-0.1, -0.05) is 44.5 Å². The molecule has 3 heterocycles. The Morgan fingerprint density at radius 1 is 1.09 bits per heavy atom. The summed E-state index contributed by atoms with van der Waals surface area (Å²) in [5.41, 5.74) is -1.91. The van der Waals surface area contributed by atoms with Crippen LogP contribution in [0.4, 0.5) is 0 Å². The van der Waals surface area contributed by atoms with Crippen molar-refractivity contribution in [3.63, 3.8) is 0 Å². The number of hydrogen-bond acceptors (Lipinski definition) is 14. The molecule has 1 saturated carbocycles. The van der Waals surface area contributed by atoms with Crippen LogP contribution in [0.25, 0.3) is 0 Å². The molecule has 0 spiro atoms. The molecule has 0 bridgehead atoms. The van der Waals surface area contributed by atoms with Crippen LogP contribution in [0.1, 0.15) is 112 Å². The highest BCUT2D eigenvalue weighted by molar-refractivity contribution is 6.05. The highest BCUT2D eigenvalue weighted by Gasteiger charge is 2.52. The van der Waals surface area contributed by atoms with Crippen molar-refractivity contribution < 1.29 is 48.7 Å². The number of oxime groups is 1. The highest BCUT2D eigenvalue weighted by Crippen LogP contribution is 2.39. The number of esters is 1. The second kappa shape index (κ2) is 19.3. The number of carbonyl (C=O) groups is 2. The molecule has 1 aliphatic carbocycles. The van der Waals surface area contributed by atoms with E-state index in [1.165, 1.54) is 21.0 Å². The van der Waals surface area contributed by atoms with E-state index in [2.05, 4.69) is 15.5 Å². The van der Waals surface area contributed by atoms with Crippen molar-refractivity contribution >= 4 is 25.4 Å². The lowest BCUT2D eigenvalue weighted by molar-refractivity contribution is -0.295. The number of cyclic esters (lactones) is 1. The van der Waals surface area contributed by atoms with E-state index in [9.17, 15) is 24.9 Å². The van der Waals surface area contributed by atoms with Gasteiger partial charge in [0.1, 0.15) is 29.8 Å². The Morgan fingerprint density at radius 3 is 2.36 bits per heavy atom. The number of carbonyl (C=O) groups excluding carboxylic acids is 2. The molecule has 13 atom stereocenters. The van der Waals surface area contributed by atoms with Crippen LogP contribution >= 0.6 is 0 Å². The second-order valence-electron chi connectivity index (χ2n) is 16.8. The summed E-state index contributed by atoms with van der Waals surface area (Å²) in [6, 6.07) is -0.371. The molecule has 2 radical (unpaired) electrons. The number of aliphatic hydroxyl groups excluding tert-OH is 2. The van der Waals surface area contributed by atoms with Gasteiger partial charge in [0, 0.05) is 50.1 Å². The van der Waals surface area contributed by atoms with E-state index >= 15 is 0 Å². The van der Waals surface area contributed by atoms with Gasteiger partial charge in [-0.05, 0) is 79.7 Å². The summed E-state index contributed by atoms with van der Waals surface area (Å²) in [6.45, 7) is 14.3. The van der Waals surface area contributed by atoms with Crippen molar-refractivity contribution in [1.82, 2.24) is 19.8 Å². The van der Waals surface area contributed by atoms with Crippen LogP contribution in [0.3, 0.4) is 0 Å². The first-order valence-corrected chi connectivity index (χ1v) is 20.1. The van der Waals surface area contributed by atoms with Crippen LogP contribution in [0, 0.1) is 23.7 Å². The predicted octanol–water partition coefficient (Wildman–Crippen LogP) is 2.99. The molecular formula is C39H66BN5O10. The Hall–Kier alpha value is -2.47. The van der Waals surface area contributed by atoms with E-state index in [1.807, 2.05) is 32.7 Å². The van der Waals surface area contributed by atoms with Gasteiger partial charge in [-0.2, -0.15) is 0 Å². The molecule has 16 heteroatoms. The average Bonchev–Trinajstić information content (AvgIpc) is 3.59. The first kappa shape index (κ1) is 45.2. The number of likely N-dealkylation sites (N-methyl/N-ethyl adjacent to an activating group) is 1.